The van der Waals surface area contributed by atoms with Crippen molar-refractivity contribution in [2.45, 2.75) is 32.4 Å². The number of hydrogen-bond acceptors (Lipinski definition) is 6. The molecule has 1 amide bonds. The third-order valence-electron chi connectivity index (χ3n) is 4.52. The van der Waals surface area contributed by atoms with Crippen LogP contribution < -0.4 is 15.4 Å². The van der Waals surface area contributed by atoms with Crippen LogP contribution in [0.4, 0.5) is 14.6 Å². The summed E-state index contributed by atoms with van der Waals surface area (Å²) in [6, 6.07) is 2.64. The summed E-state index contributed by atoms with van der Waals surface area (Å²) >= 11 is 0. The zero-order valence-corrected chi connectivity index (χ0v) is 17.2. The van der Waals surface area contributed by atoms with Crippen molar-refractivity contribution in [3.05, 3.63) is 42.2 Å². The predicted octanol–water partition coefficient (Wildman–Crippen LogP) is 2.98. The lowest BCUT2D eigenvalue weighted by molar-refractivity contribution is -0.121. The topological polar surface area (TPSA) is 79.4 Å². The van der Waals surface area contributed by atoms with Gasteiger partial charge in [0.2, 0.25) is 11.8 Å². The van der Waals surface area contributed by atoms with Crippen molar-refractivity contribution in [1.82, 2.24) is 20.2 Å². The van der Waals surface area contributed by atoms with Crippen molar-refractivity contribution in [1.29, 1.82) is 0 Å². The number of piperazine rings is 1. The van der Waals surface area contributed by atoms with Gasteiger partial charge in [-0.1, -0.05) is 0 Å². The summed E-state index contributed by atoms with van der Waals surface area (Å²) in [6.45, 7) is 8.38. The molecular weight excluding hydrogens is 404 g/mol. The van der Waals surface area contributed by atoms with Gasteiger partial charge >= 0.3 is 0 Å². The second-order valence-electron chi connectivity index (χ2n) is 7.36. The molecule has 158 valence electrons. The Morgan fingerprint density at radius 2 is 2.07 bits per heavy atom. The van der Waals surface area contributed by atoms with E-state index in [4.69, 9.17) is 4.74 Å². The lowest BCUT2D eigenvalue weighted by atomic mass is 10.0. The molecule has 1 aromatic carbocycles. The van der Waals surface area contributed by atoms with Crippen LogP contribution in [0.1, 0.15) is 20.8 Å². The van der Waals surface area contributed by atoms with Gasteiger partial charge in [-0.3, -0.25) is 9.69 Å². The normalized spacial score (nSPS) is 17.1. The van der Waals surface area contributed by atoms with Gasteiger partial charge in [-0.15, -0.1) is 12.4 Å². The molecule has 2 aromatic rings. The van der Waals surface area contributed by atoms with Crippen molar-refractivity contribution in [2.75, 3.05) is 25.0 Å². The smallest absolute Gasteiger partial charge is 0.242 e. The molecule has 0 aliphatic carbocycles. The van der Waals surface area contributed by atoms with Crippen molar-refractivity contribution in [3.63, 3.8) is 0 Å². The minimum absolute atomic E-state index is 0. The number of nitrogens with zero attached hydrogens (tertiary/aromatic N) is 3. The monoisotopic (exact) mass is 427 g/mol. The average Bonchev–Trinajstić information content (AvgIpc) is 2.64. The molecule has 2 heterocycles. The molecule has 1 aliphatic heterocycles. The second kappa shape index (κ2) is 9.43. The van der Waals surface area contributed by atoms with Crippen LogP contribution in [0.15, 0.2) is 30.6 Å². The number of rotatable bonds is 5. The van der Waals surface area contributed by atoms with Crippen LogP contribution in [-0.2, 0) is 4.79 Å². The molecule has 0 unspecified atom stereocenters. The lowest BCUT2D eigenvalue weighted by Gasteiger charge is -2.41. The van der Waals surface area contributed by atoms with Gasteiger partial charge in [-0.05, 0) is 32.9 Å². The van der Waals surface area contributed by atoms with E-state index < -0.39 is 11.6 Å². The molecule has 29 heavy (non-hydrogen) atoms. The SMILES string of the molecule is C[C@@H](C(=O)Nc1cnc(Oc2ccc(F)cc2F)cn1)N1CCNC(C)(C)C1.Cl. The van der Waals surface area contributed by atoms with E-state index in [9.17, 15) is 13.6 Å². The van der Waals surface area contributed by atoms with Crippen LogP contribution in [0.2, 0.25) is 0 Å². The lowest BCUT2D eigenvalue weighted by Crippen LogP contribution is -2.60. The zero-order valence-electron chi connectivity index (χ0n) is 16.4. The van der Waals surface area contributed by atoms with Gasteiger partial charge < -0.3 is 15.4 Å². The molecule has 1 saturated heterocycles. The number of nitrogens with one attached hydrogen (secondary N) is 2. The van der Waals surface area contributed by atoms with E-state index in [-0.39, 0.29) is 47.3 Å². The average molecular weight is 428 g/mol. The van der Waals surface area contributed by atoms with E-state index in [1.807, 2.05) is 6.92 Å². The Morgan fingerprint density at radius 3 is 2.69 bits per heavy atom. The van der Waals surface area contributed by atoms with Crippen LogP contribution in [0.25, 0.3) is 0 Å². The van der Waals surface area contributed by atoms with Gasteiger partial charge in [0, 0.05) is 31.2 Å². The van der Waals surface area contributed by atoms with E-state index >= 15 is 0 Å². The van der Waals surface area contributed by atoms with Crippen molar-refractivity contribution in [2.24, 2.45) is 0 Å². The summed E-state index contributed by atoms with van der Waals surface area (Å²) in [5.41, 5.74) is -0.0544. The minimum atomic E-state index is -0.841. The van der Waals surface area contributed by atoms with Gasteiger partial charge in [-0.25, -0.2) is 18.7 Å². The second-order valence-corrected chi connectivity index (χ2v) is 7.36. The van der Waals surface area contributed by atoms with Gasteiger partial charge in [0.05, 0.1) is 18.4 Å². The number of carbonyl (C=O) groups excluding carboxylic acids is 1. The fraction of sp³-hybridized carbons (Fsp3) is 0.421. The zero-order chi connectivity index (χ0) is 20.3. The third-order valence-corrected chi connectivity index (χ3v) is 4.52. The Hall–Kier alpha value is -2.36. The number of ether oxygens (including phenoxy) is 1. The Balaban J connectivity index is 0.00000300. The van der Waals surface area contributed by atoms with Crippen molar-refractivity contribution in [3.8, 4) is 11.6 Å². The molecule has 10 heteroatoms. The summed E-state index contributed by atoms with van der Waals surface area (Å²) in [4.78, 5) is 22.7. The highest BCUT2D eigenvalue weighted by atomic mass is 35.5. The Morgan fingerprint density at radius 1 is 1.31 bits per heavy atom. The number of aromatic nitrogens is 2. The van der Waals surface area contributed by atoms with Gasteiger partial charge in [0.25, 0.3) is 0 Å². The highest BCUT2D eigenvalue weighted by Gasteiger charge is 2.31. The first kappa shape index (κ1) is 22.9. The van der Waals surface area contributed by atoms with Crippen LogP contribution in [0, 0.1) is 11.6 Å². The van der Waals surface area contributed by atoms with E-state index in [0.29, 0.717) is 0 Å². The van der Waals surface area contributed by atoms with Crippen LogP contribution in [0.3, 0.4) is 0 Å². The molecule has 0 bridgehead atoms. The molecule has 1 aromatic heterocycles. The number of amides is 1. The molecule has 3 rings (SSSR count). The fourth-order valence-corrected chi connectivity index (χ4v) is 3.01. The quantitative estimate of drug-likeness (QED) is 0.763. The first-order valence-electron chi connectivity index (χ1n) is 8.98. The third kappa shape index (κ3) is 6.06. The number of carbonyl (C=O) groups is 1. The van der Waals surface area contributed by atoms with E-state index in [2.05, 4.69) is 39.3 Å². The maximum absolute atomic E-state index is 13.6. The largest absolute Gasteiger partial charge is 0.434 e. The number of hydrogen-bond donors (Lipinski definition) is 2. The standard InChI is InChI=1S/C19H23F2N5O2.ClH/c1-12(26-7-6-24-19(2,3)11-26)18(27)25-16-9-23-17(10-22-16)28-15-5-4-13(20)8-14(15)21;/h4-5,8-10,12,24H,6-7,11H2,1-3H3,(H,22,25,27);1H/t12-;/m0./s1. The maximum atomic E-state index is 13.6. The summed E-state index contributed by atoms with van der Waals surface area (Å²) in [7, 11) is 0. The highest BCUT2D eigenvalue weighted by molar-refractivity contribution is 5.93. The number of benzene rings is 1. The molecule has 1 fully saturated rings. The number of anilines is 1. The summed E-state index contributed by atoms with van der Waals surface area (Å²) in [6.07, 6.45) is 2.58. The predicted molar refractivity (Wildman–Crippen MR) is 107 cm³/mol. The minimum Gasteiger partial charge on any atom is -0.434 e. The van der Waals surface area contributed by atoms with Gasteiger partial charge in [0.1, 0.15) is 5.82 Å². The molecule has 0 spiro atoms. The highest BCUT2D eigenvalue weighted by Crippen LogP contribution is 2.23. The summed E-state index contributed by atoms with van der Waals surface area (Å²) in [5.74, 6) is -1.60. The Kier molecular flexibility index (Phi) is 7.45. The molecule has 1 atom stereocenters. The van der Waals surface area contributed by atoms with Gasteiger partial charge in [-0.2, -0.15) is 0 Å². The molecule has 0 radical (unpaired) electrons. The molecular formula is C19H24ClF2N5O2. The summed E-state index contributed by atoms with van der Waals surface area (Å²) in [5, 5.41) is 6.13. The molecule has 2 N–H and O–H groups in total. The molecule has 0 saturated carbocycles. The summed E-state index contributed by atoms with van der Waals surface area (Å²) < 4.78 is 31.8. The van der Waals surface area contributed by atoms with Crippen LogP contribution in [0.5, 0.6) is 11.6 Å². The number of halogens is 3. The first-order valence-corrected chi connectivity index (χ1v) is 8.98. The fourth-order valence-electron chi connectivity index (χ4n) is 3.01. The van der Waals surface area contributed by atoms with Crippen molar-refractivity contribution >= 4 is 24.1 Å². The van der Waals surface area contributed by atoms with E-state index in [1.54, 1.807) is 0 Å². The Labute approximate surface area is 174 Å². The molecule has 1 aliphatic rings. The Bertz CT molecular complexity index is 851. The van der Waals surface area contributed by atoms with Crippen LogP contribution >= 0.6 is 12.4 Å². The van der Waals surface area contributed by atoms with Crippen molar-refractivity contribution < 1.29 is 18.3 Å². The maximum Gasteiger partial charge on any atom is 0.242 e. The van der Waals surface area contributed by atoms with E-state index in [1.165, 1.54) is 18.5 Å². The van der Waals surface area contributed by atoms with Gasteiger partial charge in [0.15, 0.2) is 17.4 Å². The van der Waals surface area contributed by atoms with Crippen LogP contribution in [-0.4, -0.2) is 52.0 Å². The molecule has 7 nitrogen and oxygen atoms in total. The van der Waals surface area contributed by atoms with E-state index in [0.717, 1.165) is 31.8 Å². The first-order chi connectivity index (χ1) is 13.2.